The molecular weight excluding hydrogens is 318 g/mol. The summed E-state index contributed by atoms with van der Waals surface area (Å²) in [6, 6.07) is 2.10. The van der Waals surface area contributed by atoms with E-state index in [2.05, 4.69) is 10.3 Å². The van der Waals surface area contributed by atoms with Gasteiger partial charge in [-0.05, 0) is 13.3 Å². The molecule has 0 spiro atoms. The lowest BCUT2D eigenvalue weighted by atomic mass is 10.1. The molecule has 0 fully saturated rings. The van der Waals surface area contributed by atoms with Crippen LogP contribution in [0.15, 0.2) is 30.9 Å². The van der Waals surface area contributed by atoms with Gasteiger partial charge >= 0.3 is 0 Å². The highest BCUT2D eigenvalue weighted by Gasteiger charge is 2.25. The second-order valence-corrected chi connectivity index (χ2v) is 5.06. The van der Waals surface area contributed by atoms with E-state index in [1.165, 1.54) is 6.92 Å². The van der Waals surface area contributed by atoms with Gasteiger partial charge in [-0.25, -0.2) is 4.98 Å². The zero-order valence-corrected chi connectivity index (χ0v) is 12.8. The highest BCUT2D eigenvalue weighted by molar-refractivity contribution is 5.96. The van der Waals surface area contributed by atoms with E-state index in [0.29, 0.717) is 19.5 Å². The molecule has 10 nitrogen and oxygen atoms in total. The van der Waals surface area contributed by atoms with Crippen LogP contribution < -0.4 is 5.32 Å². The highest BCUT2D eigenvalue weighted by atomic mass is 16.6. The van der Waals surface area contributed by atoms with Gasteiger partial charge in [0, 0.05) is 37.6 Å². The fourth-order valence-electron chi connectivity index (χ4n) is 2.18. The quantitative estimate of drug-likeness (QED) is 0.467. The van der Waals surface area contributed by atoms with Crippen molar-refractivity contribution in [3.63, 3.8) is 0 Å². The van der Waals surface area contributed by atoms with Gasteiger partial charge in [0.2, 0.25) is 0 Å². The van der Waals surface area contributed by atoms with Crippen LogP contribution >= 0.6 is 0 Å². The number of nitrogens with zero attached hydrogens (tertiary/aromatic N) is 4. The summed E-state index contributed by atoms with van der Waals surface area (Å²) in [5, 5.41) is 24.6. The molecule has 2 rings (SSSR count). The summed E-state index contributed by atoms with van der Waals surface area (Å²) < 4.78 is 1.84. The van der Waals surface area contributed by atoms with Gasteiger partial charge in [0.05, 0.1) is 21.7 Å². The number of benzene rings is 1. The average molecular weight is 333 g/mol. The van der Waals surface area contributed by atoms with E-state index in [9.17, 15) is 25.0 Å². The monoisotopic (exact) mass is 333 g/mol. The van der Waals surface area contributed by atoms with Crippen molar-refractivity contribution >= 4 is 17.3 Å². The molecule has 0 saturated carbocycles. The van der Waals surface area contributed by atoms with Crippen LogP contribution in [0.25, 0.3) is 0 Å². The van der Waals surface area contributed by atoms with Gasteiger partial charge in [-0.2, -0.15) is 0 Å². The molecule has 0 unspecified atom stereocenters. The van der Waals surface area contributed by atoms with E-state index in [1.54, 1.807) is 18.7 Å². The number of nitrogens with one attached hydrogen (secondary N) is 1. The minimum absolute atomic E-state index is 0.0818. The number of aromatic nitrogens is 2. The molecule has 0 saturated heterocycles. The molecule has 0 bridgehead atoms. The van der Waals surface area contributed by atoms with E-state index in [4.69, 9.17) is 0 Å². The minimum atomic E-state index is -0.738. The van der Waals surface area contributed by atoms with Crippen LogP contribution in [0.2, 0.25) is 0 Å². The third-order valence-corrected chi connectivity index (χ3v) is 3.45. The van der Waals surface area contributed by atoms with Crippen LogP contribution in [0.4, 0.5) is 11.4 Å². The average Bonchev–Trinajstić information content (AvgIpc) is 3.04. The normalized spacial score (nSPS) is 10.4. The molecule has 0 aliphatic carbocycles. The number of amides is 1. The number of nitro groups is 2. The zero-order chi connectivity index (χ0) is 17.7. The van der Waals surface area contributed by atoms with E-state index in [-0.39, 0.29) is 11.1 Å². The summed E-state index contributed by atoms with van der Waals surface area (Å²) in [5.41, 5.74) is -1.09. The van der Waals surface area contributed by atoms with Gasteiger partial charge in [0.25, 0.3) is 17.3 Å². The molecule has 24 heavy (non-hydrogen) atoms. The molecule has 10 heteroatoms. The summed E-state index contributed by atoms with van der Waals surface area (Å²) >= 11 is 0. The molecule has 1 heterocycles. The van der Waals surface area contributed by atoms with Gasteiger partial charge < -0.3 is 9.88 Å². The second-order valence-electron chi connectivity index (χ2n) is 5.06. The summed E-state index contributed by atoms with van der Waals surface area (Å²) in [5.74, 6) is -0.591. The Labute approximate surface area is 136 Å². The molecule has 0 aliphatic heterocycles. The minimum Gasteiger partial charge on any atom is -0.352 e. The molecule has 126 valence electrons. The van der Waals surface area contributed by atoms with Crippen LogP contribution in [0, 0.1) is 27.2 Å². The van der Waals surface area contributed by atoms with Crippen LogP contribution in [-0.4, -0.2) is 31.8 Å². The Morgan fingerprint density at radius 3 is 2.38 bits per heavy atom. The summed E-state index contributed by atoms with van der Waals surface area (Å²) in [7, 11) is 0. The van der Waals surface area contributed by atoms with Gasteiger partial charge in [-0.15, -0.1) is 0 Å². The molecule has 1 amide bonds. The number of hydrogen-bond acceptors (Lipinski definition) is 6. The largest absolute Gasteiger partial charge is 0.352 e. The predicted octanol–water partition coefficient (Wildman–Crippen LogP) is 1.83. The van der Waals surface area contributed by atoms with Crippen molar-refractivity contribution in [1.29, 1.82) is 0 Å². The Hall–Kier alpha value is -3.30. The first-order chi connectivity index (χ1) is 11.4. The Balaban J connectivity index is 2.07. The van der Waals surface area contributed by atoms with Crippen molar-refractivity contribution in [2.24, 2.45) is 0 Å². The summed E-state index contributed by atoms with van der Waals surface area (Å²) in [4.78, 5) is 36.5. The molecule has 1 aromatic carbocycles. The third kappa shape index (κ3) is 3.91. The maximum atomic E-state index is 12.1. The lowest BCUT2D eigenvalue weighted by Crippen LogP contribution is -2.25. The van der Waals surface area contributed by atoms with Crippen molar-refractivity contribution in [2.45, 2.75) is 19.9 Å². The summed E-state index contributed by atoms with van der Waals surface area (Å²) in [6.45, 7) is 2.25. The van der Waals surface area contributed by atoms with Crippen LogP contribution in [-0.2, 0) is 6.54 Å². The van der Waals surface area contributed by atoms with Gasteiger partial charge in [0.15, 0.2) is 0 Å². The maximum Gasteiger partial charge on any atom is 0.279 e. The number of imidazole rings is 1. The Morgan fingerprint density at radius 2 is 1.88 bits per heavy atom. The highest BCUT2D eigenvalue weighted by Crippen LogP contribution is 2.29. The van der Waals surface area contributed by atoms with E-state index in [0.717, 1.165) is 12.1 Å². The van der Waals surface area contributed by atoms with Crippen molar-refractivity contribution in [2.75, 3.05) is 6.54 Å². The van der Waals surface area contributed by atoms with Crippen LogP contribution in [0.3, 0.4) is 0 Å². The smallest absolute Gasteiger partial charge is 0.279 e. The molecule has 0 radical (unpaired) electrons. The van der Waals surface area contributed by atoms with E-state index < -0.39 is 27.1 Å². The molecule has 2 aromatic rings. The number of nitro benzene ring substituents is 2. The van der Waals surface area contributed by atoms with Crippen molar-refractivity contribution in [1.82, 2.24) is 14.9 Å². The number of rotatable bonds is 7. The van der Waals surface area contributed by atoms with Gasteiger partial charge in [-0.3, -0.25) is 25.0 Å². The van der Waals surface area contributed by atoms with Crippen molar-refractivity contribution in [3.8, 4) is 0 Å². The fourth-order valence-corrected chi connectivity index (χ4v) is 2.18. The van der Waals surface area contributed by atoms with Gasteiger partial charge in [-0.1, -0.05) is 0 Å². The predicted molar refractivity (Wildman–Crippen MR) is 83.7 cm³/mol. The third-order valence-electron chi connectivity index (χ3n) is 3.45. The SMILES string of the molecule is Cc1c([N+](=O)[O-])cc(C(=O)NCCCn2ccnc2)cc1[N+](=O)[O-]. The lowest BCUT2D eigenvalue weighted by molar-refractivity contribution is -0.395. The molecular formula is C14H15N5O5. The number of carbonyl (C=O) groups excluding carboxylic acids is 1. The zero-order valence-electron chi connectivity index (χ0n) is 12.8. The Morgan fingerprint density at radius 1 is 1.25 bits per heavy atom. The van der Waals surface area contributed by atoms with Crippen LogP contribution in [0.1, 0.15) is 22.3 Å². The molecule has 1 aromatic heterocycles. The number of carbonyl (C=O) groups is 1. The van der Waals surface area contributed by atoms with E-state index >= 15 is 0 Å². The second kappa shape index (κ2) is 7.31. The first-order valence-electron chi connectivity index (χ1n) is 7.07. The lowest BCUT2D eigenvalue weighted by Gasteiger charge is -2.07. The number of hydrogen-bond donors (Lipinski definition) is 1. The first-order valence-corrected chi connectivity index (χ1v) is 7.07. The maximum absolute atomic E-state index is 12.1. The van der Waals surface area contributed by atoms with E-state index in [1.807, 2.05) is 4.57 Å². The first kappa shape index (κ1) is 17.1. The molecule has 1 N–H and O–H groups in total. The number of aryl methyl sites for hydroxylation is 1. The molecule has 0 aliphatic rings. The van der Waals surface area contributed by atoms with Crippen molar-refractivity contribution in [3.05, 3.63) is 62.2 Å². The summed E-state index contributed by atoms with van der Waals surface area (Å²) in [6.07, 6.45) is 5.70. The van der Waals surface area contributed by atoms with Crippen molar-refractivity contribution < 1.29 is 14.6 Å². The standard InChI is InChI=1S/C14H15N5O5/c1-10-12(18(21)22)7-11(8-13(10)19(23)24)14(20)16-3-2-5-17-6-4-15-9-17/h4,6-9H,2-3,5H2,1H3,(H,16,20). The van der Waals surface area contributed by atoms with Gasteiger partial charge in [0.1, 0.15) is 5.56 Å². The topological polar surface area (TPSA) is 133 Å². The van der Waals surface area contributed by atoms with Crippen LogP contribution in [0.5, 0.6) is 0 Å². The fraction of sp³-hybridized carbons (Fsp3) is 0.286. The Kier molecular flexibility index (Phi) is 5.20. The Bertz CT molecular complexity index is 737. The molecule has 0 atom stereocenters.